The van der Waals surface area contributed by atoms with Crippen LogP contribution in [0.15, 0.2) is 60.7 Å². The first kappa shape index (κ1) is 25.5. The lowest BCUT2D eigenvalue weighted by Crippen LogP contribution is -2.52. The Kier molecular flexibility index (Phi) is 7.00. The lowest BCUT2D eigenvalue weighted by Gasteiger charge is -2.29. The maximum absolute atomic E-state index is 13.2. The number of hydrogen-bond donors (Lipinski definition) is 4. The van der Waals surface area contributed by atoms with Gasteiger partial charge < -0.3 is 21.2 Å². The molecule has 182 valence electrons. The quantitative estimate of drug-likeness (QED) is 0.180. The molecule has 0 radical (unpaired) electrons. The number of benzene rings is 3. The number of nitrogens with two attached hydrogens (primary N) is 2. The van der Waals surface area contributed by atoms with Crippen molar-refractivity contribution in [3.05, 3.63) is 77.6 Å². The Labute approximate surface area is 198 Å². The minimum Gasteiger partial charge on any atom is -0.397 e. The third-order valence-corrected chi connectivity index (χ3v) is 5.19. The van der Waals surface area contributed by atoms with Gasteiger partial charge in [0.15, 0.2) is 5.60 Å². The molecule has 35 heavy (non-hydrogen) atoms. The highest BCUT2D eigenvalue weighted by Crippen LogP contribution is 2.34. The maximum Gasteiger partial charge on any atom is 0.417 e. The van der Waals surface area contributed by atoms with Gasteiger partial charge in [-0.1, -0.05) is 18.2 Å². The van der Waals surface area contributed by atoms with Crippen molar-refractivity contribution in [1.29, 1.82) is 5.26 Å². The Morgan fingerprint density at radius 1 is 1.09 bits per heavy atom. The van der Waals surface area contributed by atoms with Gasteiger partial charge >= 0.3 is 6.18 Å². The summed E-state index contributed by atoms with van der Waals surface area (Å²) in [6.07, 6.45) is -4.81. The molecule has 7 nitrogen and oxygen atoms in total. The molecule has 0 saturated carbocycles. The SMILES string of the molecule is C[C@](O)(CN(N)c1ccc(-c2ccc(F)cc2)cc1N)C(=O)Nc1ccc(C#N)c(C(F)(F)F)c1. The largest absolute Gasteiger partial charge is 0.417 e. The summed E-state index contributed by atoms with van der Waals surface area (Å²) in [7, 11) is 0. The van der Waals surface area contributed by atoms with Gasteiger partial charge in [0.1, 0.15) is 5.82 Å². The number of nitriles is 1. The molecule has 3 rings (SSSR count). The van der Waals surface area contributed by atoms with E-state index in [1.165, 1.54) is 18.2 Å². The van der Waals surface area contributed by atoms with Gasteiger partial charge in [-0.2, -0.15) is 18.4 Å². The molecule has 1 atom stereocenters. The van der Waals surface area contributed by atoms with Crippen LogP contribution in [-0.2, 0) is 11.0 Å². The number of hydrazine groups is 1. The average Bonchev–Trinajstić information content (AvgIpc) is 2.78. The highest BCUT2D eigenvalue weighted by atomic mass is 19.4. The van der Waals surface area contributed by atoms with E-state index in [4.69, 9.17) is 16.8 Å². The first-order valence-electron chi connectivity index (χ1n) is 10.1. The standard InChI is InChI=1S/C24H21F4N5O2/c1-23(35,22(34)32-18-8-4-16(12-29)19(11-18)24(26,27)28)13-33(31)21-9-5-15(10-20(21)30)14-2-6-17(25)7-3-14/h2-11,35H,13,30-31H2,1H3,(H,32,34)/t23-/m0/s1. The monoisotopic (exact) mass is 487 g/mol. The van der Waals surface area contributed by atoms with Crippen molar-refractivity contribution in [2.24, 2.45) is 5.84 Å². The van der Waals surface area contributed by atoms with Crippen LogP contribution in [0.5, 0.6) is 0 Å². The molecule has 0 unspecified atom stereocenters. The van der Waals surface area contributed by atoms with Gasteiger partial charge in [-0.15, -0.1) is 0 Å². The molecule has 0 aromatic heterocycles. The van der Waals surface area contributed by atoms with Gasteiger partial charge in [0, 0.05) is 5.69 Å². The van der Waals surface area contributed by atoms with Crippen LogP contribution in [0.3, 0.4) is 0 Å². The second-order valence-electron chi connectivity index (χ2n) is 8.01. The van der Waals surface area contributed by atoms with E-state index in [0.717, 1.165) is 24.1 Å². The van der Waals surface area contributed by atoms with Gasteiger partial charge in [0.25, 0.3) is 5.91 Å². The zero-order valence-electron chi connectivity index (χ0n) is 18.4. The molecule has 0 saturated heterocycles. The fraction of sp³-hybridized carbons (Fsp3) is 0.167. The van der Waals surface area contributed by atoms with Crippen molar-refractivity contribution >= 4 is 23.0 Å². The van der Waals surface area contributed by atoms with Crippen molar-refractivity contribution < 1.29 is 27.5 Å². The molecule has 0 spiro atoms. The number of hydrogen-bond acceptors (Lipinski definition) is 6. The smallest absolute Gasteiger partial charge is 0.397 e. The van der Waals surface area contributed by atoms with Crippen LogP contribution in [0.4, 0.5) is 34.6 Å². The molecule has 3 aromatic carbocycles. The highest BCUT2D eigenvalue weighted by molar-refractivity contribution is 5.97. The number of carbonyl (C=O) groups is 1. The Hall–Kier alpha value is -4.14. The number of amides is 1. The van der Waals surface area contributed by atoms with E-state index in [0.29, 0.717) is 17.2 Å². The lowest BCUT2D eigenvalue weighted by atomic mass is 10.0. The van der Waals surface area contributed by atoms with E-state index in [2.05, 4.69) is 5.32 Å². The van der Waals surface area contributed by atoms with Crippen LogP contribution in [-0.4, -0.2) is 23.2 Å². The van der Waals surface area contributed by atoms with Gasteiger partial charge in [-0.3, -0.25) is 4.79 Å². The Morgan fingerprint density at radius 2 is 1.71 bits per heavy atom. The van der Waals surface area contributed by atoms with E-state index in [-0.39, 0.29) is 22.9 Å². The minimum atomic E-state index is -4.81. The van der Waals surface area contributed by atoms with Gasteiger partial charge in [-0.25, -0.2) is 10.2 Å². The minimum absolute atomic E-state index is 0.215. The summed E-state index contributed by atoms with van der Waals surface area (Å²) in [6, 6.07) is 14.7. The summed E-state index contributed by atoms with van der Waals surface area (Å²) in [5.41, 5.74) is 3.76. The van der Waals surface area contributed by atoms with E-state index in [1.807, 2.05) is 0 Å². The van der Waals surface area contributed by atoms with Crippen LogP contribution in [0, 0.1) is 17.1 Å². The fourth-order valence-corrected chi connectivity index (χ4v) is 3.35. The predicted molar refractivity (Wildman–Crippen MR) is 123 cm³/mol. The van der Waals surface area contributed by atoms with Crippen LogP contribution in [0.2, 0.25) is 0 Å². The average molecular weight is 487 g/mol. The van der Waals surface area contributed by atoms with E-state index >= 15 is 0 Å². The second kappa shape index (κ2) is 9.61. The number of nitrogens with one attached hydrogen (secondary N) is 1. The number of nitrogen functional groups attached to an aromatic ring is 1. The summed E-state index contributed by atoms with van der Waals surface area (Å²) < 4.78 is 52.7. The van der Waals surface area contributed by atoms with E-state index < -0.39 is 35.4 Å². The van der Waals surface area contributed by atoms with Crippen molar-refractivity contribution in [2.75, 3.05) is 22.6 Å². The predicted octanol–water partition coefficient (Wildman–Crippen LogP) is 4.04. The van der Waals surface area contributed by atoms with Crippen molar-refractivity contribution in [3.8, 4) is 17.2 Å². The summed E-state index contributed by atoms with van der Waals surface area (Å²) in [5.74, 6) is 4.61. The molecule has 0 fully saturated rings. The number of rotatable bonds is 6. The number of nitrogens with zero attached hydrogens (tertiary/aromatic N) is 2. The number of carbonyl (C=O) groups excluding carboxylic acids is 1. The summed E-state index contributed by atoms with van der Waals surface area (Å²) in [5, 5.41) is 22.8. The molecule has 0 aliphatic carbocycles. The molecule has 0 bridgehead atoms. The van der Waals surface area contributed by atoms with Crippen LogP contribution in [0.1, 0.15) is 18.1 Å². The van der Waals surface area contributed by atoms with E-state index in [1.54, 1.807) is 30.3 Å². The van der Waals surface area contributed by atoms with Crippen LogP contribution in [0.25, 0.3) is 11.1 Å². The topological polar surface area (TPSA) is 128 Å². The molecule has 0 heterocycles. The number of anilines is 3. The first-order valence-corrected chi connectivity index (χ1v) is 10.1. The fourth-order valence-electron chi connectivity index (χ4n) is 3.35. The van der Waals surface area contributed by atoms with Crippen molar-refractivity contribution in [2.45, 2.75) is 18.7 Å². The number of halogens is 4. The summed E-state index contributed by atoms with van der Waals surface area (Å²) in [6.45, 7) is 0.681. The molecular formula is C24H21F4N5O2. The molecule has 6 N–H and O–H groups in total. The first-order chi connectivity index (χ1) is 16.3. The van der Waals surface area contributed by atoms with Crippen molar-refractivity contribution in [1.82, 2.24) is 0 Å². The maximum atomic E-state index is 13.2. The van der Waals surface area contributed by atoms with Crippen LogP contribution < -0.4 is 21.9 Å². The van der Waals surface area contributed by atoms with E-state index in [9.17, 15) is 27.5 Å². The lowest BCUT2D eigenvalue weighted by molar-refractivity contribution is -0.138. The van der Waals surface area contributed by atoms with Crippen molar-refractivity contribution in [3.63, 3.8) is 0 Å². The molecular weight excluding hydrogens is 466 g/mol. The second-order valence-corrected chi connectivity index (χ2v) is 8.01. The normalized spacial score (nSPS) is 13.0. The van der Waals surface area contributed by atoms with Gasteiger partial charge in [0.2, 0.25) is 0 Å². The van der Waals surface area contributed by atoms with Gasteiger partial charge in [0.05, 0.1) is 35.1 Å². The molecule has 0 aliphatic heterocycles. The third-order valence-electron chi connectivity index (χ3n) is 5.19. The summed E-state index contributed by atoms with van der Waals surface area (Å²) in [4.78, 5) is 12.6. The number of aliphatic hydroxyl groups is 1. The molecule has 0 aliphatic rings. The zero-order chi connectivity index (χ0) is 26.0. The third kappa shape index (κ3) is 5.87. The zero-order valence-corrected chi connectivity index (χ0v) is 18.4. The molecule has 3 aromatic rings. The van der Waals surface area contributed by atoms with Gasteiger partial charge in [-0.05, 0) is 60.5 Å². The number of alkyl halides is 3. The Bertz CT molecular complexity index is 1280. The highest BCUT2D eigenvalue weighted by Gasteiger charge is 2.36. The van der Waals surface area contributed by atoms with Crippen LogP contribution >= 0.6 is 0 Å². The summed E-state index contributed by atoms with van der Waals surface area (Å²) >= 11 is 0. The molecule has 1 amide bonds. The Balaban J connectivity index is 1.75. The molecule has 11 heteroatoms. The Morgan fingerprint density at radius 3 is 2.29 bits per heavy atom.